The van der Waals surface area contributed by atoms with Crippen molar-refractivity contribution >= 4 is 34.8 Å². The van der Waals surface area contributed by atoms with Gasteiger partial charge in [-0.15, -0.1) is 5.10 Å². The van der Waals surface area contributed by atoms with E-state index < -0.39 is 6.04 Å². The first-order chi connectivity index (χ1) is 16.9. The van der Waals surface area contributed by atoms with Crippen LogP contribution in [-0.2, 0) is 4.79 Å². The minimum Gasteiger partial charge on any atom is -0.378 e. The van der Waals surface area contributed by atoms with Gasteiger partial charge in [0.15, 0.2) is 5.82 Å². The summed E-state index contributed by atoms with van der Waals surface area (Å²) in [7, 11) is 3.99. The maximum absolute atomic E-state index is 13.5. The van der Waals surface area contributed by atoms with Crippen molar-refractivity contribution in [2.75, 3.05) is 29.6 Å². The fraction of sp³-hybridized carbons (Fsp3) is 0.154. The largest absolute Gasteiger partial charge is 0.378 e. The van der Waals surface area contributed by atoms with Crippen LogP contribution in [-0.4, -0.2) is 39.8 Å². The highest BCUT2D eigenvalue weighted by Crippen LogP contribution is 2.37. The van der Waals surface area contributed by atoms with Crippen molar-refractivity contribution in [1.82, 2.24) is 19.7 Å². The van der Waals surface area contributed by atoms with Gasteiger partial charge in [0.25, 0.3) is 5.91 Å². The van der Waals surface area contributed by atoms with E-state index in [-0.39, 0.29) is 5.91 Å². The van der Waals surface area contributed by atoms with Crippen LogP contribution in [0.15, 0.2) is 84.3 Å². The number of benzene rings is 2. The number of carbonyl (C=O) groups excluding carboxylic acids is 1. The van der Waals surface area contributed by atoms with Gasteiger partial charge < -0.3 is 15.5 Å². The molecule has 35 heavy (non-hydrogen) atoms. The number of hydrogen-bond acceptors (Lipinski definition) is 6. The molecule has 3 heterocycles. The molecule has 8 nitrogen and oxygen atoms in total. The van der Waals surface area contributed by atoms with Crippen LogP contribution >= 0.6 is 11.6 Å². The smallest absolute Gasteiger partial charge is 0.255 e. The molecular weight excluding hydrogens is 462 g/mol. The molecule has 2 aromatic carbocycles. The third-order valence-electron chi connectivity index (χ3n) is 5.84. The fourth-order valence-corrected chi connectivity index (χ4v) is 4.19. The summed E-state index contributed by atoms with van der Waals surface area (Å²) in [4.78, 5) is 24.4. The summed E-state index contributed by atoms with van der Waals surface area (Å²) in [6.07, 6.45) is 3.27. The van der Waals surface area contributed by atoms with Crippen molar-refractivity contribution in [2.24, 2.45) is 0 Å². The highest BCUT2D eigenvalue weighted by atomic mass is 35.5. The number of amides is 1. The van der Waals surface area contributed by atoms with E-state index in [4.69, 9.17) is 21.7 Å². The first-order valence-corrected chi connectivity index (χ1v) is 11.5. The standard InChI is InChI=1S/C26H24ClN7O/c1-16-22(25(35)30-20-5-4-14-28-15-20)23(17-6-10-19(27)11-7-17)34-26(29-16)31-24(32-34)18-8-12-21(13-9-18)33(2)3/h4-15,23H,1-3H3,(H,30,35)(H,29,31,32). The minimum absolute atomic E-state index is 0.249. The van der Waals surface area contributed by atoms with E-state index in [2.05, 4.69) is 15.6 Å². The summed E-state index contributed by atoms with van der Waals surface area (Å²) in [6.45, 7) is 1.87. The fourth-order valence-electron chi connectivity index (χ4n) is 4.06. The van der Waals surface area contributed by atoms with Crippen LogP contribution in [0.5, 0.6) is 0 Å². The van der Waals surface area contributed by atoms with Crippen molar-refractivity contribution in [3.8, 4) is 11.4 Å². The SMILES string of the molecule is CC1=C(C(=O)Nc2cccnc2)C(c2ccc(Cl)cc2)n2nc(-c3ccc(N(C)C)cc3)nc2N1. The van der Waals surface area contributed by atoms with Gasteiger partial charge in [-0.05, 0) is 61.0 Å². The monoisotopic (exact) mass is 485 g/mol. The molecule has 2 N–H and O–H groups in total. The first kappa shape index (κ1) is 22.6. The molecule has 9 heteroatoms. The molecular formula is C26H24ClN7O. The van der Waals surface area contributed by atoms with Crippen LogP contribution in [0, 0.1) is 0 Å². The molecule has 1 amide bonds. The molecule has 2 aromatic heterocycles. The zero-order chi connectivity index (χ0) is 24.5. The Balaban J connectivity index is 1.57. The average Bonchev–Trinajstić information content (AvgIpc) is 3.28. The van der Waals surface area contributed by atoms with E-state index in [0.717, 1.165) is 16.8 Å². The maximum atomic E-state index is 13.5. The lowest BCUT2D eigenvalue weighted by atomic mass is 9.95. The lowest BCUT2D eigenvalue weighted by Gasteiger charge is -2.28. The van der Waals surface area contributed by atoms with Gasteiger partial charge in [-0.2, -0.15) is 4.98 Å². The Morgan fingerprint density at radius 1 is 1.09 bits per heavy atom. The second kappa shape index (κ2) is 9.23. The minimum atomic E-state index is -0.498. The molecule has 176 valence electrons. The zero-order valence-corrected chi connectivity index (χ0v) is 20.3. The van der Waals surface area contributed by atoms with Crippen LogP contribution in [0.3, 0.4) is 0 Å². The molecule has 0 bridgehead atoms. The Labute approximate surface area is 208 Å². The highest BCUT2D eigenvalue weighted by molar-refractivity contribution is 6.30. The summed E-state index contributed by atoms with van der Waals surface area (Å²) < 4.78 is 1.75. The van der Waals surface area contributed by atoms with Gasteiger partial charge in [-0.25, -0.2) is 4.68 Å². The molecule has 0 saturated heterocycles. The second-order valence-corrected chi connectivity index (χ2v) is 8.89. The molecule has 0 radical (unpaired) electrons. The first-order valence-electron chi connectivity index (χ1n) is 11.1. The Hall–Kier alpha value is -4.17. The Kier molecular flexibility index (Phi) is 5.96. The number of pyridine rings is 1. The van der Waals surface area contributed by atoms with Crippen molar-refractivity contribution in [1.29, 1.82) is 0 Å². The second-order valence-electron chi connectivity index (χ2n) is 8.46. The van der Waals surface area contributed by atoms with Gasteiger partial charge in [-0.1, -0.05) is 23.7 Å². The summed E-state index contributed by atoms with van der Waals surface area (Å²) in [5, 5.41) is 11.6. The average molecular weight is 486 g/mol. The van der Waals surface area contributed by atoms with Gasteiger partial charge in [-0.3, -0.25) is 9.78 Å². The molecule has 0 fully saturated rings. The Morgan fingerprint density at radius 2 is 1.83 bits per heavy atom. The molecule has 0 saturated carbocycles. The molecule has 4 aromatic rings. The number of nitrogens with one attached hydrogen (secondary N) is 2. The number of allylic oxidation sites excluding steroid dienone is 1. The molecule has 1 aliphatic rings. The number of carbonyl (C=O) groups is 1. The molecule has 1 aliphatic heterocycles. The highest BCUT2D eigenvalue weighted by Gasteiger charge is 2.34. The summed E-state index contributed by atoms with van der Waals surface area (Å²) in [5.74, 6) is 0.881. The van der Waals surface area contributed by atoms with E-state index in [1.54, 1.807) is 29.2 Å². The number of anilines is 3. The number of halogens is 1. The van der Waals surface area contributed by atoms with Gasteiger partial charge in [0.05, 0.1) is 17.5 Å². The normalized spacial score (nSPS) is 14.8. The molecule has 1 unspecified atom stereocenters. The topological polar surface area (TPSA) is 88.0 Å². The van der Waals surface area contributed by atoms with Gasteiger partial charge in [0.2, 0.25) is 5.95 Å². The van der Waals surface area contributed by atoms with Crippen molar-refractivity contribution in [3.63, 3.8) is 0 Å². The van der Waals surface area contributed by atoms with Crippen LogP contribution < -0.4 is 15.5 Å². The summed E-state index contributed by atoms with van der Waals surface area (Å²) in [6, 6.07) is 18.5. The Morgan fingerprint density at radius 3 is 2.49 bits per heavy atom. The number of fused-ring (bicyclic) bond motifs is 1. The number of nitrogens with zero attached hydrogens (tertiary/aromatic N) is 5. The van der Waals surface area contributed by atoms with Crippen molar-refractivity contribution in [3.05, 3.63) is 94.9 Å². The van der Waals surface area contributed by atoms with Crippen LogP contribution in [0.2, 0.25) is 5.02 Å². The maximum Gasteiger partial charge on any atom is 0.255 e. The van der Waals surface area contributed by atoms with Gasteiger partial charge in [0.1, 0.15) is 6.04 Å². The zero-order valence-electron chi connectivity index (χ0n) is 19.5. The summed E-state index contributed by atoms with van der Waals surface area (Å²) in [5.41, 5.74) is 4.67. The predicted octanol–water partition coefficient (Wildman–Crippen LogP) is 4.99. The Bertz CT molecular complexity index is 1390. The molecule has 1 atom stereocenters. The van der Waals surface area contributed by atoms with Crippen LogP contribution in [0.1, 0.15) is 18.5 Å². The predicted molar refractivity (Wildman–Crippen MR) is 139 cm³/mol. The lowest BCUT2D eigenvalue weighted by Crippen LogP contribution is -2.31. The van der Waals surface area contributed by atoms with E-state index in [1.165, 1.54) is 0 Å². The third-order valence-corrected chi connectivity index (χ3v) is 6.10. The van der Waals surface area contributed by atoms with Crippen LogP contribution in [0.25, 0.3) is 11.4 Å². The number of aromatic nitrogens is 4. The molecule has 0 spiro atoms. The lowest BCUT2D eigenvalue weighted by molar-refractivity contribution is -0.113. The van der Waals surface area contributed by atoms with E-state index >= 15 is 0 Å². The number of hydrogen-bond donors (Lipinski definition) is 2. The van der Waals surface area contributed by atoms with Crippen LogP contribution in [0.4, 0.5) is 17.3 Å². The van der Waals surface area contributed by atoms with Crippen molar-refractivity contribution < 1.29 is 4.79 Å². The summed E-state index contributed by atoms with van der Waals surface area (Å²) >= 11 is 6.16. The van der Waals surface area contributed by atoms with E-state index in [0.29, 0.717) is 33.8 Å². The number of rotatable bonds is 5. The van der Waals surface area contributed by atoms with Gasteiger partial charge >= 0.3 is 0 Å². The third kappa shape index (κ3) is 4.48. The molecule has 5 rings (SSSR count). The molecule has 0 aliphatic carbocycles. The van der Waals surface area contributed by atoms with E-state index in [9.17, 15) is 4.79 Å². The van der Waals surface area contributed by atoms with E-state index in [1.807, 2.05) is 74.4 Å². The quantitative estimate of drug-likeness (QED) is 0.414. The van der Waals surface area contributed by atoms with Gasteiger partial charge in [0, 0.05) is 42.3 Å². The van der Waals surface area contributed by atoms with Crippen molar-refractivity contribution in [2.45, 2.75) is 13.0 Å².